The summed E-state index contributed by atoms with van der Waals surface area (Å²) in [6, 6.07) is 42.9. The molecule has 0 bridgehead atoms. The van der Waals surface area contributed by atoms with Gasteiger partial charge < -0.3 is 67.6 Å². The van der Waals surface area contributed by atoms with Crippen LogP contribution in [-0.4, -0.2) is 124 Å². The summed E-state index contributed by atoms with van der Waals surface area (Å²) in [4.78, 5) is 92.6. The molecule has 0 atom stereocenters. The topological polar surface area (TPSA) is 469 Å². The van der Waals surface area contributed by atoms with Gasteiger partial charge in [0.25, 0.3) is 0 Å². The van der Waals surface area contributed by atoms with Gasteiger partial charge in [-0.15, -0.1) is 113 Å². The highest BCUT2D eigenvalue weighted by molar-refractivity contribution is 7.90. The Morgan fingerprint density at radius 2 is 0.787 bits per heavy atom. The first-order valence-corrected chi connectivity index (χ1v) is 58.0. The average Bonchev–Trinajstić information content (AvgIpc) is 1.54. The third-order valence-electron chi connectivity index (χ3n) is 21.3. The number of thiazole rings is 12. The average molecular weight is 2250 g/mol. The molecule has 20 aromatic rings. The van der Waals surface area contributed by atoms with Crippen LogP contribution in [0.5, 0.6) is 23.0 Å². The number of hydrogen-bond donors (Lipinski definition) is 9. The van der Waals surface area contributed by atoms with E-state index in [0.29, 0.717) is 71.8 Å². The number of ether oxygens (including phenoxy) is 4. The first-order valence-electron chi connectivity index (χ1n) is 45.9. The van der Waals surface area contributed by atoms with Crippen molar-refractivity contribution in [3.63, 3.8) is 0 Å². The van der Waals surface area contributed by atoms with Gasteiger partial charge in [0, 0.05) is 85.9 Å². The number of nitrogens with two attached hydrogens (primary N) is 2. The zero-order chi connectivity index (χ0) is 107. The van der Waals surface area contributed by atoms with Crippen molar-refractivity contribution in [3.8, 4) is 98.6 Å². The molecule has 0 fully saturated rings. The summed E-state index contributed by atoms with van der Waals surface area (Å²) < 4.78 is 45.8. The molecular weight excluding hydrogens is 2140 g/mol. The van der Waals surface area contributed by atoms with Gasteiger partial charge in [0.05, 0.1) is 213 Å². The SMILES string of the molecule is CC(=O)Nc1nc(C)c(-c2csc(Nc3cc(S(C)(=O)=O)ccc3OC(C)C)n2)s1.COc1cc(Nc2nc(-c3sc(C)nc3C)cs2)c2ncccc2c1.COc1ccc(C#N)cc1Nc1nc(-c2sc(C)nc2C)cs1.COc1ccc(C#N)cc1Nc1nc(-c2sc(N)nc2C)cs1.Cc1nc(C)c(-c2csc(Nc3cc(C(N)=O)ccc3CC(C)C)n2)s1.Cc1nc(C)c(-c2csc(Nc3cccc4cccnc34)n2)s1. The molecular formula is C104H101N25O8S13. The van der Waals surface area contributed by atoms with Crippen LogP contribution in [0.2, 0.25) is 0 Å². The Morgan fingerprint density at radius 1 is 0.400 bits per heavy atom. The molecule has 33 nitrogen and oxygen atoms in total. The van der Waals surface area contributed by atoms with Crippen LogP contribution in [-0.2, 0) is 21.1 Å². The van der Waals surface area contributed by atoms with Crippen LogP contribution in [0.4, 0.5) is 75.2 Å². The van der Waals surface area contributed by atoms with E-state index in [-0.39, 0.29) is 16.9 Å². The summed E-state index contributed by atoms with van der Waals surface area (Å²) in [5.41, 5.74) is 31.5. The molecule has 20 rings (SSSR count). The first-order chi connectivity index (χ1) is 71.9. The van der Waals surface area contributed by atoms with Crippen molar-refractivity contribution in [1.29, 1.82) is 10.5 Å². The van der Waals surface area contributed by atoms with Crippen LogP contribution < -0.4 is 67.6 Å². The maximum absolute atomic E-state index is 12.0. The lowest BCUT2D eigenvalue weighted by atomic mass is 9.99. The van der Waals surface area contributed by atoms with E-state index in [1.165, 1.54) is 81.0 Å². The van der Waals surface area contributed by atoms with Gasteiger partial charge in [0.15, 0.2) is 50.9 Å². The van der Waals surface area contributed by atoms with Gasteiger partial charge in [-0.2, -0.15) is 10.5 Å². The van der Waals surface area contributed by atoms with Crippen LogP contribution in [0, 0.1) is 97.8 Å². The number of anilines is 14. The summed E-state index contributed by atoms with van der Waals surface area (Å²) in [5, 5.41) is 64.4. The maximum atomic E-state index is 12.0. The molecule has 0 aliphatic carbocycles. The van der Waals surface area contributed by atoms with Crippen molar-refractivity contribution in [1.82, 2.24) is 69.8 Å². The highest BCUT2D eigenvalue weighted by atomic mass is 32.2. The third-order valence-corrected chi connectivity index (χ3v) is 33.5. The predicted octanol–water partition coefficient (Wildman–Crippen LogP) is 28.0. The number of sulfone groups is 1. The second-order valence-electron chi connectivity index (χ2n) is 33.8. The molecule has 0 radical (unpaired) electrons. The number of nitrogens with zero attached hydrogens (tertiary/aromatic N) is 16. The van der Waals surface area contributed by atoms with Crippen molar-refractivity contribution in [2.75, 3.05) is 70.5 Å². The van der Waals surface area contributed by atoms with Crippen LogP contribution in [0.25, 0.3) is 85.2 Å². The van der Waals surface area contributed by atoms with Crippen molar-refractivity contribution in [3.05, 3.63) is 249 Å². The Kier molecular flexibility index (Phi) is 36.3. The summed E-state index contributed by atoms with van der Waals surface area (Å²) in [6.07, 6.45) is 5.59. The molecule has 150 heavy (non-hydrogen) atoms. The summed E-state index contributed by atoms with van der Waals surface area (Å²) in [7, 11) is 1.48. The third kappa shape index (κ3) is 28.3. The number of carbonyl (C=O) groups excluding carboxylic acids is 2. The second kappa shape index (κ2) is 49.7. The highest BCUT2D eigenvalue weighted by Gasteiger charge is 2.24. The lowest BCUT2D eigenvalue weighted by Gasteiger charge is -2.15. The Morgan fingerprint density at radius 3 is 1.17 bits per heavy atom. The smallest absolute Gasteiger partial charge is 0.248 e. The number of nitriles is 2. The Labute approximate surface area is 914 Å². The first kappa shape index (κ1) is 110. The number of nitrogens with one attached hydrogen (secondary N) is 7. The van der Waals surface area contributed by atoms with Crippen LogP contribution in [0.15, 0.2) is 177 Å². The van der Waals surface area contributed by atoms with E-state index < -0.39 is 15.7 Å². The maximum Gasteiger partial charge on any atom is 0.248 e. The number of fused-ring (bicyclic) bond motifs is 2. The molecule has 0 spiro atoms. The molecule has 0 saturated carbocycles. The van der Waals surface area contributed by atoms with Crippen molar-refractivity contribution in [2.45, 2.75) is 121 Å². The fourth-order valence-corrected chi connectivity index (χ4v) is 25.5. The van der Waals surface area contributed by atoms with Crippen LogP contribution in [0.3, 0.4) is 0 Å². The minimum Gasteiger partial charge on any atom is -0.497 e. The number of aryl methyl sites for hydroxylation is 10. The fraction of sp³-hybridized carbons (Fsp3) is 0.212. The molecule has 0 aliphatic heterocycles. The molecule has 2 amide bonds. The number of aromatic nitrogens is 14. The number of rotatable bonds is 28. The number of nitrogen functional groups attached to an aromatic ring is 1. The minimum atomic E-state index is -3.37. The Balaban J connectivity index is 0.000000135. The molecule has 0 aliphatic rings. The molecule has 0 saturated heterocycles. The zero-order valence-corrected chi connectivity index (χ0v) is 95.1. The molecule has 0 unspecified atom stereocenters. The number of carbonyl (C=O) groups is 2. The van der Waals surface area contributed by atoms with E-state index in [0.717, 1.165) is 207 Å². The van der Waals surface area contributed by atoms with E-state index >= 15 is 0 Å². The Bertz CT molecular complexity index is 8300. The number of methoxy groups -OCH3 is 3. The van der Waals surface area contributed by atoms with Gasteiger partial charge in [-0.25, -0.2) is 68.2 Å². The van der Waals surface area contributed by atoms with E-state index in [1.54, 1.807) is 150 Å². The van der Waals surface area contributed by atoms with Gasteiger partial charge in [-0.3, -0.25) is 19.6 Å². The van der Waals surface area contributed by atoms with Crippen molar-refractivity contribution in [2.24, 2.45) is 11.7 Å². The van der Waals surface area contributed by atoms with Gasteiger partial charge >= 0.3 is 0 Å². The monoisotopic (exact) mass is 2240 g/mol. The quantitative estimate of drug-likeness (QED) is 0.0220. The van der Waals surface area contributed by atoms with Gasteiger partial charge in [0.1, 0.15) is 23.0 Å². The molecule has 14 heterocycles. The summed E-state index contributed by atoms with van der Waals surface area (Å²) >= 11 is 18.5. The highest BCUT2D eigenvalue weighted by Crippen LogP contribution is 2.45. The minimum absolute atomic E-state index is 0.0754. The normalized spacial score (nSPS) is 10.9. The summed E-state index contributed by atoms with van der Waals surface area (Å²) in [6.45, 7) is 29.4. The van der Waals surface area contributed by atoms with E-state index in [9.17, 15) is 18.0 Å². The number of benzene rings is 6. The van der Waals surface area contributed by atoms with Gasteiger partial charge in [-0.1, -0.05) is 66.9 Å². The number of primary amides is 1. The second-order valence-corrected chi connectivity index (χ2v) is 47.8. The lowest BCUT2D eigenvalue weighted by Crippen LogP contribution is -2.12. The van der Waals surface area contributed by atoms with Gasteiger partial charge in [0.2, 0.25) is 11.8 Å². The summed E-state index contributed by atoms with van der Waals surface area (Å²) in [5.74, 6) is 2.54. The zero-order valence-electron chi connectivity index (χ0n) is 84.5. The Hall–Kier alpha value is -14.6. The number of hydrogen-bond acceptors (Lipinski definition) is 43. The van der Waals surface area contributed by atoms with E-state index in [2.05, 4.69) is 141 Å². The van der Waals surface area contributed by atoms with Crippen molar-refractivity contribution >= 4 is 255 Å². The van der Waals surface area contributed by atoms with Crippen LogP contribution in [0.1, 0.15) is 116 Å². The standard InChI is InChI=1S/C19H22N4O4S3.C19H22N4OS2.C18H16N4OS2.C17H14N4S2.C16H14N4OS2.C15H13N5OS2/c1-10(2)27-16-7-6-13(30(5,25)26)8-14(16)22-18-23-15(9-28-18)17-11(3)20-19(29-17)21-12(4)24;1-10(2)7-13-5-6-14(18(20)24)8-15(13)22-19-23-16(9-25-19)17-11(3)21-12(4)26-17;1-10-17(25-11(2)20-10)15-9-24-18(22-15)21-14-8-13(23-3)7-12-5-4-6-19-16(12)14;1-10-16(23-11(2)19-10)14-9-22-17(21-14)20-13-7-3-5-12-6-4-8-18-15(12)13;1-9-15(23-10(2)18-9)13-8-22-16(20-13)19-12-6-11(7-17)4-5-14(12)21-3;1-8-13(23-14(17)18-8)11-7-22-15(20-11)19-10-5-9(6-16)3-4-12(10)21-2/h6-10H,1-5H3,(H,22,23)(H,20,21,24);5-6,8-10H,7H2,1-4H3,(H2,20,24)(H,22,23);4-9H,1-3H3,(H,21,22);3-9H,1-2H3,(H,20,21);4-6,8H,1-3H3,(H,19,20);3-5,7H,1-2H3,(H2,17,18)(H,19,20). The van der Waals surface area contributed by atoms with E-state index in [1.807, 2.05) is 165 Å². The molecule has 768 valence electrons. The van der Waals surface area contributed by atoms with Gasteiger partial charge in [-0.05, 0) is 192 Å². The van der Waals surface area contributed by atoms with Crippen LogP contribution >= 0.6 is 136 Å². The number of amides is 2. The largest absolute Gasteiger partial charge is 0.497 e. The fourth-order valence-electron chi connectivity index (χ4n) is 14.9. The van der Waals surface area contributed by atoms with E-state index in [4.69, 9.17) is 55.9 Å². The van der Waals surface area contributed by atoms with Crippen molar-refractivity contribution < 1.29 is 37.0 Å². The number of pyridine rings is 2. The number of para-hydroxylation sites is 1. The molecule has 14 aromatic heterocycles. The molecule has 11 N–H and O–H groups in total. The predicted molar refractivity (Wildman–Crippen MR) is 619 cm³/mol. The molecule has 6 aromatic carbocycles. The molecule has 46 heteroatoms. The lowest BCUT2D eigenvalue weighted by molar-refractivity contribution is -0.114.